The molecule has 1 aromatic heterocycles. The number of carbonyl (C=O) groups is 1. The molecule has 2 aliphatic rings. The van der Waals surface area contributed by atoms with Crippen molar-refractivity contribution in [1.29, 1.82) is 0 Å². The molecule has 2 aromatic rings. The summed E-state index contributed by atoms with van der Waals surface area (Å²) in [5.74, 6) is -0.396. The van der Waals surface area contributed by atoms with Crippen LogP contribution in [0.2, 0.25) is 0 Å². The Balaban J connectivity index is 1.80. The molecule has 2 heterocycles. The number of carboxylic acids is 1. The summed E-state index contributed by atoms with van der Waals surface area (Å²) in [6, 6.07) is 5.46. The van der Waals surface area contributed by atoms with Crippen molar-refractivity contribution in [3.05, 3.63) is 32.6 Å². The number of thiazole rings is 1. The number of fused-ring (bicyclic) bond motifs is 1. The molecular weight excluding hydrogens is 396 g/mol. The van der Waals surface area contributed by atoms with Gasteiger partial charge in [-0.3, -0.25) is 4.57 Å². The second-order valence-corrected chi connectivity index (χ2v) is 8.60. The van der Waals surface area contributed by atoms with Gasteiger partial charge in [0.2, 0.25) is 5.88 Å². The minimum Gasteiger partial charge on any atom is -0.497 e. The molecule has 0 unspecified atom stereocenters. The van der Waals surface area contributed by atoms with Gasteiger partial charge >= 0.3 is 5.97 Å². The van der Waals surface area contributed by atoms with Crippen LogP contribution in [0.5, 0.6) is 11.6 Å². The van der Waals surface area contributed by atoms with Gasteiger partial charge in [0, 0.05) is 23.2 Å². The van der Waals surface area contributed by atoms with Gasteiger partial charge < -0.3 is 14.9 Å². The molecule has 28 heavy (non-hydrogen) atoms. The Morgan fingerprint density at radius 1 is 1.36 bits per heavy atom. The predicted octanol–water partition coefficient (Wildman–Crippen LogP) is 5.21. The molecule has 8 heteroatoms. The Bertz CT molecular complexity index is 1060. The van der Waals surface area contributed by atoms with Crippen molar-refractivity contribution in [3.8, 4) is 11.6 Å². The maximum absolute atomic E-state index is 11.7. The first-order valence-corrected chi connectivity index (χ1v) is 10.4. The van der Waals surface area contributed by atoms with E-state index in [-0.39, 0.29) is 17.6 Å². The first kappa shape index (κ1) is 18.9. The molecule has 1 aliphatic heterocycles. The van der Waals surface area contributed by atoms with E-state index >= 15 is 0 Å². The minimum absolute atomic E-state index is 0.0498. The van der Waals surface area contributed by atoms with Crippen LogP contribution in [0.1, 0.15) is 48.6 Å². The maximum atomic E-state index is 11.7. The highest BCUT2D eigenvalue weighted by Crippen LogP contribution is 2.42. The zero-order valence-electron chi connectivity index (χ0n) is 15.3. The fraction of sp³-hybridized carbons (Fsp3) is 0.350. The molecule has 6 nitrogen and oxygen atoms in total. The summed E-state index contributed by atoms with van der Waals surface area (Å²) in [5, 5.41) is 20.4. The van der Waals surface area contributed by atoms with E-state index < -0.39 is 5.97 Å². The molecule has 1 fully saturated rings. The quantitative estimate of drug-likeness (QED) is 0.669. The van der Waals surface area contributed by atoms with Crippen LogP contribution in [0.15, 0.2) is 23.2 Å². The van der Waals surface area contributed by atoms with Crippen molar-refractivity contribution in [2.24, 2.45) is 4.99 Å². The van der Waals surface area contributed by atoms with Gasteiger partial charge in [-0.05, 0) is 43.3 Å². The van der Waals surface area contributed by atoms with Gasteiger partial charge in [-0.2, -0.15) is 0 Å². The topological polar surface area (TPSA) is 84.0 Å². The SMILES string of the molecule is COc1ccc2c(c1)N=C(C(=O)O)/C2=C/c1sc(=S)n(C2CCCCC2)c1O. The van der Waals surface area contributed by atoms with Crippen LogP contribution in [0, 0.1) is 3.95 Å². The first-order valence-electron chi connectivity index (χ1n) is 9.16. The third-order valence-electron chi connectivity index (χ3n) is 5.24. The van der Waals surface area contributed by atoms with Gasteiger partial charge in [0.15, 0.2) is 9.67 Å². The van der Waals surface area contributed by atoms with Gasteiger partial charge in [0.1, 0.15) is 5.75 Å². The highest BCUT2D eigenvalue weighted by Gasteiger charge is 2.28. The largest absolute Gasteiger partial charge is 0.497 e. The van der Waals surface area contributed by atoms with Gasteiger partial charge in [-0.15, -0.1) is 11.3 Å². The summed E-state index contributed by atoms with van der Waals surface area (Å²) >= 11 is 6.80. The van der Waals surface area contributed by atoms with E-state index in [0.717, 1.165) is 25.7 Å². The van der Waals surface area contributed by atoms with Crippen molar-refractivity contribution < 1.29 is 19.7 Å². The Kier molecular flexibility index (Phi) is 5.07. The average Bonchev–Trinajstić information content (AvgIpc) is 3.19. The molecule has 1 aromatic carbocycles. The van der Waals surface area contributed by atoms with Gasteiger partial charge in [-0.25, -0.2) is 9.79 Å². The summed E-state index contributed by atoms with van der Waals surface area (Å²) in [6.07, 6.45) is 7.15. The fourth-order valence-electron chi connectivity index (χ4n) is 3.86. The van der Waals surface area contributed by atoms with E-state index in [2.05, 4.69) is 4.99 Å². The van der Waals surface area contributed by atoms with Gasteiger partial charge in [0.25, 0.3) is 0 Å². The van der Waals surface area contributed by atoms with Gasteiger partial charge in [-0.1, -0.05) is 19.3 Å². The lowest BCUT2D eigenvalue weighted by atomic mass is 9.95. The summed E-state index contributed by atoms with van der Waals surface area (Å²) < 4.78 is 7.64. The molecule has 4 rings (SSSR count). The lowest BCUT2D eigenvalue weighted by Crippen LogP contribution is -2.12. The summed E-state index contributed by atoms with van der Waals surface area (Å²) in [6.45, 7) is 0. The average molecular weight is 417 g/mol. The van der Waals surface area contributed by atoms with E-state index in [0.29, 0.717) is 31.4 Å². The maximum Gasteiger partial charge on any atom is 0.355 e. The number of aromatic nitrogens is 1. The summed E-state index contributed by atoms with van der Waals surface area (Å²) in [7, 11) is 1.55. The summed E-state index contributed by atoms with van der Waals surface area (Å²) in [4.78, 5) is 16.5. The molecule has 0 spiro atoms. The molecule has 1 aliphatic carbocycles. The van der Waals surface area contributed by atoms with Crippen LogP contribution in [-0.4, -0.2) is 33.6 Å². The van der Waals surface area contributed by atoms with Crippen molar-refractivity contribution in [2.45, 2.75) is 38.1 Å². The molecule has 0 bridgehead atoms. The third-order valence-corrected chi connectivity index (χ3v) is 6.58. The van der Waals surface area contributed by atoms with E-state index in [9.17, 15) is 15.0 Å². The molecule has 146 valence electrons. The highest BCUT2D eigenvalue weighted by molar-refractivity contribution is 7.73. The van der Waals surface area contributed by atoms with Crippen molar-refractivity contribution in [2.75, 3.05) is 7.11 Å². The lowest BCUT2D eigenvalue weighted by molar-refractivity contribution is -0.129. The second-order valence-electron chi connectivity index (χ2n) is 6.92. The Labute approximate surface area is 171 Å². The molecule has 0 radical (unpaired) electrons. The number of aromatic hydroxyl groups is 1. The van der Waals surface area contributed by atoms with E-state index in [1.165, 1.54) is 17.8 Å². The molecule has 0 atom stereocenters. The molecule has 0 saturated heterocycles. The number of nitrogens with zero attached hydrogens (tertiary/aromatic N) is 2. The van der Waals surface area contributed by atoms with Crippen LogP contribution in [0.4, 0.5) is 5.69 Å². The number of carboxylic acid groups (broad SMARTS) is 1. The number of hydrogen-bond donors (Lipinski definition) is 2. The number of aliphatic imine (C=N–C) groups is 1. The van der Waals surface area contributed by atoms with Crippen LogP contribution in [0.25, 0.3) is 11.6 Å². The van der Waals surface area contributed by atoms with E-state index in [1.807, 2.05) is 4.57 Å². The van der Waals surface area contributed by atoms with Crippen molar-refractivity contribution in [1.82, 2.24) is 4.57 Å². The number of methoxy groups -OCH3 is 1. The molecule has 2 N–H and O–H groups in total. The van der Waals surface area contributed by atoms with Crippen LogP contribution in [-0.2, 0) is 4.79 Å². The first-order chi connectivity index (χ1) is 13.5. The van der Waals surface area contributed by atoms with Crippen LogP contribution in [0.3, 0.4) is 0 Å². The number of rotatable bonds is 4. The number of hydrogen-bond acceptors (Lipinski definition) is 6. The van der Waals surface area contributed by atoms with E-state index in [1.54, 1.807) is 31.4 Å². The van der Waals surface area contributed by atoms with E-state index in [4.69, 9.17) is 17.0 Å². The molecular formula is C20H20N2O4S2. The molecule has 1 saturated carbocycles. The predicted molar refractivity (Wildman–Crippen MR) is 113 cm³/mol. The Morgan fingerprint density at radius 2 is 2.11 bits per heavy atom. The fourth-order valence-corrected chi connectivity index (χ4v) is 5.25. The lowest BCUT2D eigenvalue weighted by Gasteiger charge is -2.23. The van der Waals surface area contributed by atoms with Crippen molar-refractivity contribution >= 4 is 52.6 Å². The van der Waals surface area contributed by atoms with Gasteiger partial charge in [0.05, 0.1) is 17.7 Å². The number of ether oxygens (including phenoxy) is 1. The molecule has 0 amide bonds. The second kappa shape index (κ2) is 7.52. The normalized spacial score (nSPS) is 18.2. The highest BCUT2D eigenvalue weighted by atomic mass is 32.1. The zero-order chi connectivity index (χ0) is 19.8. The third kappa shape index (κ3) is 3.27. The zero-order valence-corrected chi connectivity index (χ0v) is 17.0. The number of aliphatic carboxylic acids is 1. The Hall–Kier alpha value is -2.45. The van der Waals surface area contributed by atoms with Crippen molar-refractivity contribution in [3.63, 3.8) is 0 Å². The minimum atomic E-state index is -1.11. The smallest absolute Gasteiger partial charge is 0.355 e. The summed E-state index contributed by atoms with van der Waals surface area (Å²) in [5.41, 5.74) is 1.65. The van der Waals surface area contributed by atoms with Crippen LogP contribution < -0.4 is 4.74 Å². The Morgan fingerprint density at radius 3 is 2.79 bits per heavy atom. The van der Waals surface area contributed by atoms with Crippen LogP contribution >= 0.6 is 23.6 Å². The number of benzene rings is 1. The standard InChI is InChI=1S/C20H20N2O4S2/c1-26-12-7-8-13-14(17(19(24)25)21-15(13)9-12)10-16-18(23)22(20(27)28-16)11-5-3-2-4-6-11/h7-11,23H,2-6H2,1H3,(H,24,25)/b14-10+. The monoisotopic (exact) mass is 416 g/mol.